The normalized spacial score (nSPS) is 13.8. The highest BCUT2D eigenvalue weighted by Crippen LogP contribution is 2.64. The highest BCUT2D eigenvalue weighted by Gasteiger charge is 2.53. The standard InChI is InChI=1S/C70H51NO2.2C7H8/c1-42-24-30-54-57-35-29-49(71(47-16-8-6-9-17-47)48-18-10-7-11-19-48)41-65(57)70(62(54)36-42)63-39-45(66(72)43-25-31-52-50-20-12-14-22-58(50)68(2,3)60(52)37-43)27-33-55(63)56-34-28-46(40-64(56)70)67(73)44-26-32-53-51-21-13-15-23-59(51)69(4,5)61(53)38-44;2*1-7-5-3-2-4-6-7/h6-41H,1-5H3;2*2-6H,1H3. The Balaban J connectivity index is 0.000000421. The smallest absolute Gasteiger partial charge is 0.193 e. The summed E-state index contributed by atoms with van der Waals surface area (Å²) in [4.78, 5) is 32.8. The number of benzene rings is 12. The van der Waals surface area contributed by atoms with E-state index in [4.69, 9.17) is 0 Å². The molecular weight excluding hydrogens is 1050 g/mol. The molecule has 12 aromatic carbocycles. The van der Waals surface area contributed by atoms with E-state index in [9.17, 15) is 0 Å². The molecule has 0 radical (unpaired) electrons. The number of carbonyl (C=O) groups excluding carboxylic acids is 2. The van der Waals surface area contributed by atoms with Gasteiger partial charge in [0, 0.05) is 50.1 Å². The van der Waals surface area contributed by atoms with E-state index in [1.54, 1.807) is 0 Å². The fourth-order valence-electron chi connectivity index (χ4n) is 14.4. The summed E-state index contributed by atoms with van der Waals surface area (Å²) in [5, 5.41) is 0. The minimum absolute atomic E-state index is 0.0169. The van der Waals surface area contributed by atoms with Gasteiger partial charge in [0.2, 0.25) is 0 Å². The summed E-state index contributed by atoms with van der Waals surface area (Å²) in [6.07, 6.45) is 0. The van der Waals surface area contributed by atoms with Crippen LogP contribution in [0.4, 0.5) is 17.1 Å². The number of carbonyl (C=O) groups is 2. The summed E-state index contributed by atoms with van der Waals surface area (Å²) in [6, 6.07) is 97.7. The van der Waals surface area contributed by atoms with E-state index in [-0.39, 0.29) is 22.4 Å². The molecule has 12 aromatic rings. The summed E-state index contributed by atoms with van der Waals surface area (Å²) in [7, 11) is 0. The van der Waals surface area contributed by atoms with Gasteiger partial charge in [0.25, 0.3) is 0 Å². The predicted molar refractivity (Wildman–Crippen MR) is 359 cm³/mol. The largest absolute Gasteiger partial charge is 0.310 e. The van der Waals surface area contributed by atoms with Gasteiger partial charge in [-0.25, -0.2) is 0 Å². The number of aryl methyl sites for hydroxylation is 3. The van der Waals surface area contributed by atoms with Crippen molar-refractivity contribution < 1.29 is 9.59 Å². The van der Waals surface area contributed by atoms with Crippen molar-refractivity contribution >= 4 is 28.6 Å². The van der Waals surface area contributed by atoms with E-state index in [1.165, 1.54) is 55.6 Å². The van der Waals surface area contributed by atoms with E-state index in [0.717, 1.165) is 67.1 Å². The molecule has 4 aliphatic carbocycles. The van der Waals surface area contributed by atoms with Gasteiger partial charge in [-0.2, -0.15) is 0 Å². The molecule has 1 spiro atoms. The molecule has 0 saturated heterocycles. The number of rotatable bonds is 7. The van der Waals surface area contributed by atoms with Crippen molar-refractivity contribution in [1.29, 1.82) is 0 Å². The maximum Gasteiger partial charge on any atom is 0.193 e. The number of nitrogens with zero attached hydrogens (tertiary/aromatic N) is 1. The first-order valence-electron chi connectivity index (χ1n) is 30.3. The van der Waals surface area contributed by atoms with E-state index < -0.39 is 5.41 Å². The summed E-state index contributed by atoms with van der Waals surface area (Å²) in [6.45, 7) is 15.4. The molecule has 0 fully saturated rings. The van der Waals surface area contributed by atoms with Gasteiger partial charge in [-0.1, -0.05) is 263 Å². The van der Waals surface area contributed by atoms with Crippen LogP contribution >= 0.6 is 0 Å². The third kappa shape index (κ3) is 9.03. The van der Waals surface area contributed by atoms with Crippen LogP contribution in [0.25, 0.3) is 44.5 Å². The van der Waals surface area contributed by atoms with E-state index in [1.807, 2.05) is 60.7 Å². The Bertz CT molecular complexity index is 4440. The van der Waals surface area contributed by atoms with Crippen molar-refractivity contribution in [2.45, 2.75) is 64.7 Å². The predicted octanol–water partition coefficient (Wildman–Crippen LogP) is 20.9. The first-order valence-corrected chi connectivity index (χ1v) is 30.3. The van der Waals surface area contributed by atoms with Crippen LogP contribution in [-0.4, -0.2) is 11.6 Å². The third-order valence-corrected chi connectivity index (χ3v) is 18.8. The molecule has 3 nitrogen and oxygen atoms in total. The number of hydrogen-bond donors (Lipinski definition) is 0. The summed E-state index contributed by atoms with van der Waals surface area (Å²) in [5.74, 6) is -0.0337. The Morgan fingerprint density at radius 3 is 0.943 bits per heavy atom. The van der Waals surface area contributed by atoms with Gasteiger partial charge in [-0.05, 0) is 170 Å². The Morgan fingerprint density at radius 2 is 0.552 bits per heavy atom. The molecule has 0 unspecified atom stereocenters. The third-order valence-electron chi connectivity index (χ3n) is 18.8. The molecule has 0 aliphatic heterocycles. The highest BCUT2D eigenvalue weighted by atomic mass is 16.1. The van der Waals surface area contributed by atoms with Gasteiger partial charge < -0.3 is 4.90 Å². The van der Waals surface area contributed by atoms with E-state index in [0.29, 0.717) is 22.3 Å². The Hall–Kier alpha value is -10.2. The lowest BCUT2D eigenvalue weighted by Crippen LogP contribution is -2.27. The zero-order valence-electron chi connectivity index (χ0n) is 50.3. The lowest BCUT2D eigenvalue weighted by atomic mass is 9.69. The topological polar surface area (TPSA) is 37.4 Å². The number of anilines is 3. The van der Waals surface area contributed by atoms with Crippen LogP contribution in [0.2, 0.25) is 0 Å². The van der Waals surface area contributed by atoms with E-state index in [2.05, 4.69) is 272 Å². The lowest BCUT2D eigenvalue weighted by molar-refractivity contribution is 0.103. The van der Waals surface area contributed by atoms with Crippen LogP contribution in [0.5, 0.6) is 0 Å². The van der Waals surface area contributed by atoms with Gasteiger partial charge >= 0.3 is 0 Å². The molecule has 0 atom stereocenters. The lowest BCUT2D eigenvalue weighted by Gasteiger charge is -2.32. The van der Waals surface area contributed by atoms with Crippen LogP contribution in [0, 0.1) is 20.8 Å². The van der Waals surface area contributed by atoms with Crippen molar-refractivity contribution in [3.05, 3.63) is 363 Å². The molecule has 0 saturated carbocycles. The molecule has 0 bridgehead atoms. The molecule has 3 heteroatoms. The second-order valence-electron chi connectivity index (χ2n) is 24.9. The molecule has 87 heavy (non-hydrogen) atoms. The maximum absolute atomic E-state index is 15.3. The van der Waals surface area contributed by atoms with Crippen molar-refractivity contribution in [3.8, 4) is 44.5 Å². The van der Waals surface area contributed by atoms with Gasteiger partial charge in [0.15, 0.2) is 11.6 Å². The van der Waals surface area contributed by atoms with Crippen molar-refractivity contribution in [1.82, 2.24) is 0 Å². The number of fused-ring (bicyclic) bond motifs is 16. The van der Waals surface area contributed by atoms with Gasteiger partial charge in [0.1, 0.15) is 0 Å². The average molecular weight is 1120 g/mol. The van der Waals surface area contributed by atoms with Gasteiger partial charge in [-0.15, -0.1) is 0 Å². The first kappa shape index (κ1) is 54.7. The van der Waals surface area contributed by atoms with Crippen LogP contribution in [0.3, 0.4) is 0 Å². The van der Waals surface area contributed by atoms with Crippen molar-refractivity contribution in [3.63, 3.8) is 0 Å². The number of para-hydroxylation sites is 2. The Morgan fingerprint density at radius 1 is 0.253 bits per heavy atom. The molecule has 16 rings (SSSR count). The average Bonchev–Trinajstić information content (AvgIpc) is 1.56. The quantitative estimate of drug-likeness (QED) is 0.149. The number of hydrogen-bond acceptors (Lipinski definition) is 3. The zero-order chi connectivity index (χ0) is 59.8. The first-order chi connectivity index (χ1) is 42.2. The molecule has 0 aromatic heterocycles. The molecule has 4 aliphatic rings. The summed E-state index contributed by atoms with van der Waals surface area (Å²) >= 11 is 0. The minimum atomic E-state index is -0.883. The van der Waals surface area contributed by atoms with Crippen molar-refractivity contribution in [2.75, 3.05) is 4.90 Å². The zero-order valence-corrected chi connectivity index (χ0v) is 50.3. The summed E-state index contributed by atoms with van der Waals surface area (Å²) in [5.41, 5.74) is 26.6. The van der Waals surface area contributed by atoms with Crippen LogP contribution < -0.4 is 4.90 Å². The Labute approximate surface area is 512 Å². The molecular formula is C84H67NO2. The van der Waals surface area contributed by atoms with Crippen molar-refractivity contribution in [2.24, 2.45) is 0 Å². The summed E-state index contributed by atoms with van der Waals surface area (Å²) < 4.78 is 0. The molecule has 420 valence electrons. The second-order valence-corrected chi connectivity index (χ2v) is 24.9. The maximum atomic E-state index is 15.3. The monoisotopic (exact) mass is 1120 g/mol. The minimum Gasteiger partial charge on any atom is -0.310 e. The van der Waals surface area contributed by atoms with Crippen LogP contribution in [-0.2, 0) is 16.2 Å². The van der Waals surface area contributed by atoms with Crippen LogP contribution in [0.15, 0.2) is 279 Å². The van der Waals surface area contributed by atoms with E-state index >= 15 is 9.59 Å². The highest BCUT2D eigenvalue weighted by molar-refractivity contribution is 6.12. The second kappa shape index (κ2) is 21.4. The molecule has 0 amide bonds. The SMILES string of the molecule is Cc1ccc2c(c1)C1(c3cc(C(=O)c4ccc5c(c4)C(C)(C)c4ccccc4-5)ccc3-c3ccc(C(=O)c4ccc5c(c4)C(C)(C)c4ccccc4-5)cc31)c1cc(N(c3ccccc3)c3ccccc3)ccc1-2.Cc1ccccc1.Cc1ccccc1. The number of ketones is 2. The van der Waals surface area contributed by atoms with Crippen LogP contribution in [0.1, 0.15) is 121 Å². The fourth-order valence-corrected chi connectivity index (χ4v) is 14.4. The molecule has 0 N–H and O–H groups in total. The fraction of sp³-hybridized carbons (Fsp3) is 0.119. The van der Waals surface area contributed by atoms with Gasteiger partial charge in [-0.3, -0.25) is 9.59 Å². The molecule has 0 heterocycles. The Kier molecular flexibility index (Phi) is 13.4. The van der Waals surface area contributed by atoms with Gasteiger partial charge in [0.05, 0.1) is 5.41 Å².